The van der Waals surface area contributed by atoms with Gasteiger partial charge in [-0.3, -0.25) is 9.59 Å². The lowest BCUT2D eigenvalue weighted by Crippen LogP contribution is -2.52. The molecule has 37 heavy (non-hydrogen) atoms. The Labute approximate surface area is 236 Å². The normalized spacial score (nSPS) is 12.6. The molecule has 0 spiro atoms. The van der Waals surface area contributed by atoms with E-state index in [9.17, 15) is 14.0 Å². The predicted molar refractivity (Wildman–Crippen MR) is 154 cm³/mol. The van der Waals surface area contributed by atoms with Crippen LogP contribution in [0.2, 0.25) is 5.02 Å². The quantitative estimate of drug-likeness (QED) is 0.241. The van der Waals surface area contributed by atoms with E-state index in [1.807, 2.05) is 68.4 Å². The number of nitrogens with one attached hydrogen (secondary N) is 1. The minimum absolute atomic E-state index is 0.0221. The maximum absolute atomic E-state index is 14.2. The second-order valence-corrected chi connectivity index (χ2v) is 11.2. The fourth-order valence-corrected chi connectivity index (χ4v) is 5.52. The number of amides is 2. The van der Waals surface area contributed by atoms with Crippen molar-refractivity contribution in [3.8, 4) is 0 Å². The number of halogens is 3. The van der Waals surface area contributed by atoms with Crippen LogP contribution in [0.25, 0.3) is 0 Å². The maximum atomic E-state index is 14.2. The van der Waals surface area contributed by atoms with Gasteiger partial charge in [-0.25, -0.2) is 4.39 Å². The van der Waals surface area contributed by atoms with Gasteiger partial charge in [0.05, 0.1) is 5.75 Å². The zero-order chi connectivity index (χ0) is 26.8. The van der Waals surface area contributed by atoms with Crippen LogP contribution in [-0.4, -0.2) is 34.6 Å². The first kappa shape index (κ1) is 29.2. The number of carbonyl (C=O) groups excluding carboxylic acids is 2. The monoisotopic (exact) mass is 604 g/mol. The molecule has 3 aromatic rings. The van der Waals surface area contributed by atoms with Gasteiger partial charge in [-0.1, -0.05) is 83.0 Å². The van der Waals surface area contributed by atoms with E-state index in [1.54, 1.807) is 17.0 Å². The third-order valence-electron chi connectivity index (χ3n) is 6.05. The standard InChI is InChI=1S/C29H31BrClFN2O2S/c1-3-20(2)33-29(36)27(16-21-9-5-4-6-10-21)34(17-22-11-7-12-23(30)15-22)28(35)19-37-18-24-25(31)13-8-14-26(24)32/h4-15,20,27H,3,16-19H2,1-2H3,(H,33,36)/t20-,27+/m0/s1. The molecule has 3 rings (SSSR count). The Morgan fingerprint density at radius 2 is 1.76 bits per heavy atom. The Hall–Kier alpha value is -2.35. The van der Waals surface area contributed by atoms with E-state index < -0.39 is 11.9 Å². The Morgan fingerprint density at radius 1 is 1.05 bits per heavy atom. The van der Waals surface area contributed by atoms with E-state index >= 15 is 0 Å². The molecule has 0 bridgehead atoms. The van der Waals surface area contributed by atoms with Crippen molar-refractivity contribution in [2.75, 3.05) is 5.75 Å². The Bertz CT molecular complexity index is 1180. The van der Waals surface area contributed by atoms with Crippen molar-refractivity contribution in [1.29, 1.82) is 0 Å². The molecule has 0 aliphatic heterocycles. The average molecular weight is 606 g/mol. The number of nitrogens with zero attached hydrogens (tertiary/aromatic N) is 1. The van der Waals surface area contributed by atoms with Gasteiger partial charge in [0.2, 0.25) is 11.8 Å². The van der Waals surface area contributed by atoms with Crippen molar-refractivity contribution in [3.63, 3.8) is 0 Å². The van der Waals surface area contributed by atoms with Gasteiger partial charge in [-0.2, -0.15) is 0 Å². The topological polar surface area (TPSA) is 49.4 Å². The molecule has 8 heteroatoms. The van der Waals surface area contributed by atoms with Crippen LogP contribution in [0.3, 0.4) is 0 Å². The molecule has 0 aromatic heterocycles. The predicted octanol–water partition coefficient (Wildman–Crippen LogP) is 7.03. The van der Waals surface area contributed by atoms with Crippen LogP contribution in [-0.2, 0) is 28.3 Å². The summed E-state index contributed by atoms with van der Waals surface area (Å²) in [7, 11) is 0. The fourth-order valence-electron chi connectivity index (χ4n) is 3.82. The third kappa shape index (κ3) is 8.87. The molecular weight excluding hydrogens is 575 g/mol. The Balaban J connectivity index is 1.88. The van der Waals surface area contributed by atoms with Gasteiger partial charge in [0.1, 0.15) is 11.9 Å². The molecule has 0 fully saturated rings. The van der Waals surface area contributed by atoms with Crippen molar-refractivity contribution >= 4 is 51.1 Å². The largest absolute Gasteiger partial charge is 0.352 e. The Kier molecular flexibility index (Phi) is 11.5. The molecule has 0 heterocycles. The van der Waals surface area contributed by atoms with Crippen LogP contribution in [0.1, 0.15) is 37.0 Å². The lowest BCUT2D eigenvalue weighted by Gasteiger charge is -2.32. The summed E-state index contributed by atoms with van der Waals surface area (Å²) in [6, 6.07) is 21.2. The van der Waals surface area contributed by atoms with Gasteiger partial charge in [0.15, 0.2) is 0 Å². The smallest absolute Gasteiger partial charge is 0.243 e. The van der Waals surface area contributed by atoms with E-state index in [1.165, 1.54) is 17.8 Å². The molecule has 3 aromatic carbocycles. The highest BCUT2D eigenvalue weighted by Gasteiger charge is 2.31. The van der Waals surface area contributed by atoms with Gasteiger partial charge in [-0.15, -0.1) is 11.8 Å². The van der Waals surface area contributed by atoms with E-state index in [-0.39, 0.29) is 35.9 Å². The van der Waals surface area contributed by atoms with Crippen LogP contribution in [0.15, 0.2) is 77.3 Å². The molecule has 4 nitrogen and oxygen atoms in total. The van der Waals surface area contributed by atoms with Crippen molar-refractivity contribution in [1.82, 2.24) is 10.2 Å². The molecule has 0 saturated carbocycles. The van der Waals surface area contributed by atoms with E-state index in [0.29, 0.717) is 17.0 Å². The van der Waals surface area contributed by atoms with Gasteiger partial charge < -0.3 is 10.2 Å². The summed E-state index contributed by atoms with van der Waals surface area (Å²) in [5, 5.41) is 3.40. The first-order chi connectivity index (χ1) is 17.8. The molecule has 2 amide bonds. The fraction of sp³-hybridized carbons (Fsp3) is 0.310. The molecule has 0 aliphatic carbocycles. The third-order valence-corrected chi connectivity index (χ3v) is 7.84. The van der Waals surface area contributed by atoms with Crippen LogP contribution < -0.4 is 5.32 Å². The van der Waals surface area contributed by atoms with Gasteiger partial charge >= 0.3 is 0 Å². The van der Waals surface area contributed by atoms with Crippen LogP contribution in [0, 0.1) is 5.82 Å². The van der Waals surface area contributed by atoms with Crippen LogP contribution in [0.5, 0.6) is 0 Å². The van der Waals surface area contributed by atoms with Gasteiger partial charge in [-0.05, 0) is 48.7 Å². The molecule has 1 N–H and O–H groups in total. The van der Waals surface area contributed by atoms with Crippen molar-refractivity contribution in [2.45, 2.75) is 51.1 Å². The van der Waals surface area contributed by atoms with Gasteiger partial charge in [0, 0.05) is 39.8 Å². The lowest BCUT2D eigenvalue weighted by atomic mass is 10.0. The first-order valence-corrected chi connectivity index (χ1v) is 14.5. The average Bonchev–Trinajstić information content (AvgIpc) is 2.88. The van der Waals surface area contributed by atoms with Crippen LogP contribution in [0.4, 0.5) is 4.39 Å². The second-order valence-electron chi connectivity index (χ2n) is 8.87. The number of hydrogen-bond acceptors (Lipinski definition) is 3. The summed E-state index contributed by atoms with van der Waals surface area (Å²) < 4.78 is 15.1. The van der Waals surface area contributed by atoms with Crippen molar-refractivity contribution in [3.05, 3.63) is 105 Å². The van der Waals surface area contributed by atoms with Crippen molar-refractivity contribution in [2.24, 2.45) is 0 Å². The molecule has 0 saturated heterocycles. The summed E-state index contributed by atoms with van der Waals surface area (Å²) in [5.74, 6) is -0.444. The molecule has 2 atom stereocenters. The van der Waals surface area contributed by atoms with E-state index in [4.69, 9.17) is 11.6 Å². The lowest BCUT2D eigenvalue weighted by molar-refractivity contribution is -0.139. The van der Waals surface area contributed by atoms with Gasteiger partial charge in [0.25, 0.3) is 0 Å². The van der Waals surface area contributed by atoms with E-state index in [0.717, 1.165) is 22.0 Å². The minimum atomic E-state index is -0.708. The number of benzene rings is 3. The summed E-state index contributed by atoms with van der Waals surface area (Å²) in [6.45, 7) is 4.22. The maximum Gasteiger partial charge on any atom is 0.243 e. The molecule has 196 valence electrons. The van der Waals surface area contributed by atoms with E-state index in [2.05, 4.69) is 21.2 Å². The summed E-state index contributed by atoms with van der Waals surface area (Å²) >= 11 is 10.9. The second kappa shape index (κ2) is 14.6. The highest BCUT2D eigenvalue weighted by Crippen LogP contribution is 2.25. The summed E-state index contributed by atoms with van der Waals surface area (Å²) in [4.78, 5) is 28.8. The molecule has 0 radical (unpaired) electrons. The van der Waals surface area contributed by atoms with Crippen LogP contribution >= 0.6 is 39.3 Å². The minimum Gasteiger partial charge on any atom is -0.352 e. The summed E-state index contributed by atoms with van der Waals surface area (Å²) in [5.41, 5.74) is 2.24. The first-order valence-electron chi connectivity index (χ1n) is 12.2. The molecular formula is C29H31BrClFN2O2S. The number of hydrogen-bond donors (Lipinski definition) is 1. The summed E-state index contributed by atoms with van der Waals surface area (Å²) in [6.07, 6.45) is 1.16. The van der Waals surface area contributed by atoms with Crippen molar-refractivity contribution < 1.29 is 14.0 Å². The zero-order valence-electron chi connectivity index (χ0n) is 20.9. The zero-order valence-corrected chi connectivity index (χ0v) is 24.1. The highest BCUT2D eigenvalue weighted by molar-refractivity contribution is 9.10. The number of thioether (sulfide) groups is 1. The number of carbonyl (C=O) groups is 2. The molecule has 0 unspecified atom stereocenters. The number of rotatable bonds is 12. The SMILES string of the molecule is CC[C@H](C)NC(=O)[C@@H](Cc1ccccc1)N(Cc1cccc(Br)c1)C(=O)CSCc1c(F)cccc1Cl. The molecule has 0 aliphatic rings. The highest BCUT2D eigenvalue weighted by atomic mass is 79.9. The Morgan fingerprint density at radius 3 is 2.43 bits per heavy atom.